The van der Waals surface area contributed by atoms with Crippen LogP contribution in [-0.4, -0.2) is 21.7 Å². The number of aromatic nitrogens is 2. The highest BCUT2D eigenvalue weighted by atomic mass is 127. The van der Waals surface area contributed by atoms with Crippen LogP contribution in [-0.2, 0) is 9.53 Å². The van der Waals surface area contributed by atoms with E-state index >= 15 is 0 Å². The maximum atomic E-state index is 13.9. The van der Waals surface area contributed by atoms with E-state index in [1.165, 1.54) is 14.9 Å². The molecule has 38 heavy (non-hydrogen) atoms. The lowest BCUT2D eigenvalue weighted by Crippen LogP contribution is -2.39. The molecule has 2 aromatic heterocycles. The van der Waals surface area contributed by atoms with E-state index in [4.69, 9.17) is 16.3 Å². The van der Waals surface area contributed by atoms with Gasteiger partial charge in [0, 0.05) is 25.7 Å². The second-order valence-electron chi connectivity index (χ2n) is 8.99. The van der Waals surface area contributed by atoms with E-state index in [-0.39, 0.29) is 12.2 Å². The number of hydrogen-bond donors (Lipinski definition) is 0. The highest BCUT2D eigenvalue weighted by Crippen LogP contribution is 2.31. The van der Waals surface area contributed by atoms with Gasteiger partial charge in [0.25, 0.3) is 5.56 Å². The Kier molecular flexibility index (Phi) is 7.48. The lowest BCUT2D eigenvalue weighted by molar-refractivity contribution is -0.139. The zero-order chi connectivity index (χ0) is 27.1. The summed E-state index contributed by atoms with van der Waals surface area (Å²) in [5, 5.41) is 0.572. The average molecular weight is 658 g/mol. The van der Waals surface area contributed by atoms with Crippen LogP contribution in [0, 0.1) is 17.4 Å². The molecule has 1 aliphatic heterocycles. The Morgan fingerprint density at radius 1 is 1.13 bits per heavy atom. The van der Waals surface area contributed by atoms with Crippen molar-refractivity contribution in [3.8, 4) is 5.69 Å². The van der Waals surface area contributed by atoms with Crippen molar-refractivity contribution in [2.24, 2.45) is 4.99 Å². The molecule has 0 N–H and O–H groups in total. The maximum Gasteiger partial charge on any atom is 0.338 e. The van der Waals surface area contributed by atoms with Gasteiger partial charge in [0.1, 0.15) is 0 Å². The van der Waals surface area contributed by atoms with E-state index in [0.29, 0.717) is 25.6 Å². The van der Waals surface area contributed by atoms with Gasteiger partial charge >= 0.3 is 5.97 Å². The molecule has 0 amide bonds. The molecule has 3 heterocycles. The highest BCUT2D eigenvalue weighted by molar-refractivity contribution is 14.1. The van der Waals surface area contributed by atoms with Gasteiger partial charge < -0.3 is 9.30 Å². The van der Waals surface area contributed by atoms with Crippen LogP contribution in [0.25, 0.3) is 11.8 Å². The number of ether oxygens (including phenoxy) is 1. The molecule has 1 atom stereocenters. The minimum Gasteiger partial charge on any atom is -0.463 e. The topological polar surface area (TPSA) is 65.6 Å². The van der Waals surface area contributed by atoms with E-state index in [2.05, 4.69) is 69.4 Å². The molecular formula is C29H25ClIN3O3S. The van der Waals surface area contributed by atoms with Gasteiger partial charge in [-0.1, -0.05) is 35.1 Å². The predicted octanol–water partition coefficient (Wildman–Crippen LogP) is 5.46. The Labute approximate surface area is 242 Å². The summed E-state index contributed by atoms with van der Waals surface area (Å²) in [4.78, 5) is 32.1. The van der Waals surface area contributed by atoms with Gasteiger partial charge in [-0.15, -0.1) is 0 Å². The fourth-order valence-corrected chi connectivity index (χ4v) is 6.34. The molecule has 0 aliphatic carbocycles. The van der Waals surface area contributed by atoms with Gasteiger partial charge in [-0.3, -0.25) is 9.36 Å². The molecule has 6 nitrogen and oxygen atoms in total. The first-order valence-corrected chi connectivity index (χ1v) is 14.4. The number of carbonyl (C=O) groups excluding carboxylic acids is 1. The van der Waals surface area contributed by atoms with Crippen LogP contribution < -0.4 is 14.9 Å². The smallest absolute Gasteiger partial charge is 0.338 e. The van der Waals surface area contributed by atoms with Crippen LogP contribution in [0.15, 0.2) is 75.7 Å². The van der Waals surface area contributed by atoms with Crippen molar-refractivity contribution < 1.29 is 9.53 Å². The quantitative estimate of drug-likeness (QED) is 0.212. The first-order valence-electron chi connectivity index (χ1n) is 12.1. The molecule has 0 saturated heterocycles. The number of halogens is 2. The number of allylic oxidation sites excluding steroid dienone is 1. The standard InChI is InChI=1S/C29H25ClIN3O3S/c1-5-37-28(36)25-17(3)32-29-34(26(25)19-6-8-21(30)9-7-19)27(35)24(38-29)15-20-14-16(2)33(18(20)4)23-12-10-22(31)11-13-23/h6-15,26H,5H2,1-4H3/b24-15-/t26-/m1/s1. The van der Waals surface area contributed by atoms with Crippen LogP contribution in [0.3, 0.4) is 0 Å². The molecule has 0 fully saturated rings. The fourth-order valence-electron chi connectivity index (χ4n) is 4.81. The van der Waals surface area contributed by atoms with Crippen molar-refractivity contribution in [2.75, 3.05) is 6.61 Å². The van der Waals surface area contributed by atoms with Crippen LogP contribution >= 0.6 is 45.5 Å². The van der Waals surface area contributed by atoms with Gasteiger partial charge in [0.05, 0.1) is 28.5 Å². The molecule has 5 rings (SSSR count). The monoisotopic (exact) mass is 657 g/mol. The largest absolute Gasteiger partial charge is 0.463 e. The van der Waals surface area contributed by atoms with Gasteiger partial charge in [0.2, 0.25) is 0 Å². The van der Waals surface area contributed by atoms with Crippen LogP contribution in [0.5, 0.6) is 0 Å². The molecule has 0 radical (unpaired) electrons. The molecule has 9 heteroatoms. The number of rotatable bonds is 5. The molecule has 0 unspecified atom stereocenters. The second-order valence-corrected chi connectivity index (χ2v) is 11.7. The maximum absolute atomic E-state index is 13.9. The van der Waals surface area contributed by atoms with Crippen molar-refractivity contribution in [3.63, 3.8) is 0 Å². The van der Waals surface area contributed by atoms with E-state index in [1.54, 1.807) is 30.5 Å². The minimum absolute atomic E-state index is 0.206. The summed E-state index contributed by atoms with van der Waals surface area (Å²) >= 11 is 9.75. The normalized spacial score (nSPS) is 15.4. The number of thiazole rings is 1. The van der Waals surface area contributed by atoms with Gasteiger partial charge in [-0.2, -0.15) is 0 Å². The van der Waals surface area contributed by atoms with Crippen molar-refractivity contribution >= 4 is 57.6 Å². The van der Waals surface area contributed by atoms with Gasteiger partial charge in [-0.05, 0) is 110 Å². The molecule has 0 saturated carbocycles. The van der Waals surface area contributed by atoms with E-state index in [0.717, 1.165) is 28.2 Å². The summed E-state index contributed by atoms with van der Waals surface area (Å²) in [6.07, 6.45) is 1.91. The molecule has 2 aromatic carbocycles. The van der Waals surface area contributed by atoms with Crippen molar-refractivity contribution in [3.05, 3.63) is 117 Å². The summed E-state index contributed by atoms with van der Waals surface area (Å²) < 4.78 is 10.8. The summed E-state index contributed by atoms with van der Waals surface area (Å²) in [6.45, 7) is 7.87. The SMILES string of the molecule is CCOC(=O)C1=C(C)N=c2s/c(=C\c3cc(C)n(-c4ccc(I)cc4)c3C)c(=O)n2[C@@H]1c1ccc(Cl)cc1. The zero-order valence-electron chi connectivity index (χ0n) is 21.3. The van der Waals surface area contributed by atoms with Crippen molar-refractivity contribution in [2.45, 2.75) is 33.7 Å². The van der Waals surface area contributed by atoms with E-state index in [9.17, 15) is 9.59 Å². The lowest BCUT2D eigenvalue weighted by atomic mass is 9.96. The Morgan fingerprint density at radius 2 is 1.82 bits per heavy atom. The van der Waals surface area contributed by atoms with Gasteiger partial charge in [0.15, 0.2) is 4.80 Å². The molecule has 1 aliphatic rings. The Balaban J connectivity index is 1.68. The van der Waals surface area contributed by atoms with Crippen LogP contribution in [0.1, 0.15) is 42.4 Å². The zero-order valence-corrected chi connectivity index (χ0v) is 25.0. The summed E-state index contributed by atoms with van der Waals surface area (Å²) in [7, 11) is 0. The third-order valence-corrected chi connectivity index (χ3v) is 8.50. The Hall–Kier alpha value is -2.95. The van der Waals surface area contributed by atoms with E-state index < -0.39 is 12.0 Å². The Morgan fingerprint density at radius 3 is 2.47 bits per heavy atom. The first-order chi connectivity index (χ1) is 18.2. The van der Waals surface area contributed by atoms with Gasteiger partial charge in [-0.25, -0.2) is 9.79 Å². The molecule has 0 bridgehead atoms. The number of hydrogen-bond acceptors (Lipinski definition) is 5. The summed E-state index contributed by atoms with van der Waals surface area (Å²) in [5.41, 5.74) is 5.57. The minimum atomic E-state index is -0.663. The molecular weight excluding hydrogens is 633 g/mol. The first kappa shape index (κ1) is 26.6. The molecule has 194 valence electrons. The third-order valence-electron chi connectivity index (χ3n) is 6.54. The molecule has 4 aromatic rings. The number of fused-ring (bicyclic) bond motifs is 1. The number of aryl methyl sites for hydroxylation is 1. The van der Waals surface area contributed by atoms with Crippen LogP contribution in [0.2, 0.25) is 5.02 Å². The molecule has 0 spiro atoms. The fraction of sp³-hybridized carbons (Fsp3) is 0.207. The summed E-state index contributed by atoms with van der Waals surface area (Å²) in [5.74, 6) is -0.482. The number of nitrogens with zero attached hydrogens (tertiary/aromatic N) is 3. The second kappa shape index (κ2) is 10.7. The lowest BCUT2D eigenvalue weighted by Gasteiger charge is -2.24. The van der Waals surface area contributed by atoms with Crippen molar-refractivity contribution in [1.82, 2.24) is 9.13 Å². The third kappa shape index (κ3) is 4.81. The number of esters is 1. The average Bonchev–Trinajstić information content (AvgIpc) is 3.34. The number of carbonyl (C=O) groups is 1. The van der Waals surface area contributed by atoms with Crippen molar-refractivity contribution in [1.29, 1.82) is 0 Å². The number of benzene rings is 2. The summed E-state index contributed by atoms with van der Waals surface area (Å²) in [6, 6.07) is 16.9. The van der Waals surface area contributed by atoms with E-state index in [1.807, 2.05) is 25.1 Å². The van der Waals surface area contributed by atoms with Crippen LogP contribution in [0.4, 0.5) is 0 Å². The highest BCUT2D eigenvalue weighted by Gasteiger charge is 2.33. The Bertz CT molecular complexity index is 1760. The predicted molar refractivity (Wildman–Crippen MR) is 160 cm³/mol.